The van der Waals surface area contributed by atoms with Crippen molar-refractivity contribution in [3.63, 3.8) is 0 Å². The highest BCUT2D eigenvalue weighted by molar-refractivity contribution is 5.79. The molecular weight excluding hydrogens is 352 g/mol. The van der Waals surface area contributed by atoms with Crippen LogP contribution in [0.1, 0.15) is 42.9 Å². The number of hydrogen-bond donors (Lipinski definition) is 2. The second-order valence-corrected chi connectivity index (χ2v) is 7.91. The lowest BCUT2D eigenvalue weighted by atomic mass is 9.80. The minimum atomic E-state index is -0.181. The maximum absolute atomic E-state index is 12.5. The van der Waals surface area contributed by atoms with E-state index in [4.69, 9.17) is 0 Å². The second kappa shape index (κ2) is 8.69. The molecule has 28 heavy (non-hydrogen) atoms. The van der Waals surface area contributed by atoms with Crippen molar-refractivity contribution in [2.75, 3.05) is 24.5 Å². The number of aliphatic hydroxyl groups excluding tert-OH is 1. The van der Waals surface area contributed by atoms with Crippen molar-refractivity contribution in [2.24, 2.45) is 5.92 Å². The number of piperidine rings is 1. The summed E-state index contributed by atoms with van der Waals surface area (Å²) in [6.45, 7) is 2.35. The van der Waals surface area contributed by atoms with E-state index < -0.39 is 0 Å². The topological polar surface area (TPSA) is 78.4 Å². The molecule has 0 unspecified atom stereocenters. The van der Waals surface area contributed by atoms with Crippen molar-refractivity contribution in [3.05, 3.63) is 54.0 Å². The molecule has 2 N–H and O–H groups in total. The highest BCUT2D eigenvalue weighted by Crippen LogP contribution is 2.36. The van der Waals surface area contributed by atoms with Gasteiger partial charge in [0.15, 0.2) is 0 Å². The summed E-state index contributed by atoms with van der Waals surface area (Å²) in [4.78, 5) is 23.5. The van der Waals surface area contributed by atoms with E-state index in [1.54, 1.807) is 6.33 Å². The summed E-state index contributed by atoms with van der Waals surface area (Å²) >= 11 is 0. The van der Waals surface area contributed by atoms with Crippen molar-refractivity contribution in [2.45, 2.75) is 44.1 Å². The lowest BCUT2D eigenvalue weighted by Crippen LogP contribution is -2.41. The van der Waals surface area contributed by atoms with Gasteiger partial charge in [-0.1, -0.05) is 30.3 Å². The van der Waals surface area contributed by atoms with Gasteiger partial charge in [0.1, 0.15) is 12.1 Å². The van der Waals surface area contributed by atoms with Gasteiger partial charge < -0.3 is 15.3 Å². The van der Waals surface area contributed by atoms with E-state index in [-0.39, 0.29) is 17.9 Å². The Morgan fingerprint density at radius 2 is 1.89 bits per heavy atom. The first-order valence-electron chi connectivity index (χ1n) is 10.3. The highest BCUT2D eigenvalue weighted by Gasteiger charge is 2.31. The third-order valence-electron chi connectivity index (χ3n) is 5.95. The van der Waals surface area contributed by atoms with E-state index >= 15 is 0 Å². The van der Waals surface area contributed by atoms with Gasteiger partial charge in [0, 0.05) is 43.2 Å². The molecule has 2 aliphatic rings. The minimum absolute atomic E-state index is 0.0788. The van der Waals surface area contributed by atoms with Crippen LogP contribution in [-0.4, -0.2) is 46.7 Å². The van der Waals surface area contributed by atoms with Crippen molar-refractivity contribution >= 4 is 11.7 Å². The number of anilines is 1. The largest absolute Gasteiger partial charge is 0.393 e. The molecule has 1 saturated carbocycles. The number of amides is 1. The van der Waals surface area contributed by atoms with Crippen LogP contribution in [0.5, 0.6) is 0 Å². The van der Waals surface area contributed by atoms with Crippen LogP contribution < -0.4 is 10.2 Å². The summed E-state index contributed by atoms with van der Waals surface area (Å²) in [5.74, 6) is 1.54. The maximum atomic E-state index is 12.5. The van der Waals surface area contributed by atoms with Gasteiger partial charge in [-0.15, -0.1) is 0 Å². The Bertz CT molecular complexity index is 784. The molecule has 148 valence electrons. The minimum Gasteiger partial charge on any atom is -0.393 e. The summed E-state index contributed by atoms with van der Waals surface area (Å²) in [5, 5.41) is 12.6. The molecule has 4 rings (SSSR count). The van der Waals surface area contributed by atoms with Gasteiger partial charge in [-0.05, 0) is 37.7 Å². The molecule has 2 fully saturated rings. The summed E-state index contributed by atoms with van der Waals surface area (Å²) in [5.41, 5.74) is 2.27. The van der Waals surface area contributed by atoms with Crippen LogP contribution in [0, 0.1) is 5.92 Å². The maximum Gasteiger partial charge on any atom is 0.223 e. The third kappa shape index (κ3) is 4.50. The Kier molecular flexibility index (Phi) is 5.86. The number of aliphatic hydroxyl groups is 1. The van der Waals surface area contributed by atoms with Crippen molar-refractivity contribution < 1.29 is 9.90 Å². The fourth-order valence-electron chi connectivity index (χ4n) is 4.08. The first-order chi connectivity index (χ1) is 13.7. The predicted octanol–water partition coefficient (Wildman–Crippen LogP) is 2.29. The van der Waals surface area contributed by atoms with Crippen LogP contribution in [0.25, 0.3) is 0 Å². The summed E-state index contributed by atoms with van der Waals surface area (Å²) in [7, 11) is 0. The second-order valence-electron chi connectivity index (χ2n) is 7.91. The number of aromatic nitrogens is 2. The van der Waals surface area contributed by atoms with Gasteiger partial charge in [0.2, 0.25) is 5.91 Å². The fourth-order valence-corrected chi connectivity index (χ4v) is 4.08. The Morgan fingerprint density at radius 1 is 1.14 bits per heavy atom. The van der Waals surface area contributed by atoms with Gasteiger partial charge in [-0.2, -0.15) is 0 Å². The van der Waals surface area contributed by atoms with Gasteiger partial charge in [-0.25, -0.2) is 9.97 Å². The quantitative estimate of drug-likeness (QED) is 0.804. The summed E-state index contributed by atoms with van der Waals surface area (Å²) < 4.78 is 0. The molecule has 6 heteroatoms. The number of hydrogen-bond acceptors (Lipinski definition) is 5. The zero-order chi connectivity index (χ0) is 19.3. The summed E-state index contributed by atoms with van der Waals surface area (Å²) in [6.07, 6.45) is 5.59. The molecular formula is C22H28N4O2. The molecule has 1 aliphatic carbocycles. The number of rotatable bonds is 6. The molecule has 1 amide bonds. The molecule has 2 aromatic rings. The molecule has 2 heterocycles. The standard InChI is InChI=1S/C22H28N4O2/c27-19-12-18(13-19)20-14-21(25-15-24-20)26-10-7-17(8-11-26)22(28)23-9-6-16-4-2-1-3-5-16/h1-5,14-15,17-19,27H,6-13H2,(H,23,28). The SMILES string of the molecule is O=C(NCCc1ccccc1)C1CCN(c2cc(C3CC(O)C3)ncn2)CC1. The van der Waals surface area contributed by atoms with Crippen LogP contribution in [0.3, 0.4) is 0 Å². The highest BCUT2D eigenvalue weighted by atomic mass is 16.3. The van der Waals surface area contributed by atoms with Gasteiger partial charge in [0.05, 0.1) is 6.10 Å². The smallest absolute Gasteiger partial charge is 0.223 e. The fraction of sp³-hybridized carbons (Fsp3) is 0.500. The Labute approximate surface area is 166 Å². The number of carbonyl (C=O) groups is 1. The number of carbonyl (C=O) groups excluding carboxylic acids is 1. The van der Waals surface area contributed by atoms with Crippen LogP contribution in [0.2, 0.25) is 0 Å². The molecule has 0 radical (unpaired) electrons. The number of benzene rings is 1. The molecule has 1 saturated heterocycles. The lowest BCUT2D eigenvalue weighted by Gasteiger charge is -2.34. The molecule has 1 aromatic heterocycles. The average Bonchev–Trinajstić information content (AvgIpc) is 2.72. The normalized spacial score (nSPS) is 22.5. The van der Waals surface area contributed by atoms with Crippen molar-refractivity contribution in [3.8, 4) is 0 Å². The van der Waals surface area contributed by atoms with Crippen LogP contribution in [0.15, 0.2) is 42.7 Å². The van der Waals surface area contributed by atoms with Crippen LogP contribution in [0.4, 0.5) is 5.82 Å². The summed E-state index contributed by atoms with van der Waals surface area (Å²) in [6, 6.07) is 12.3. The molecule has 0 bridgehead atoms. The first kappa shape index (κ1) is 18.9. The van der Waals surface area contributed by atoms with E-state index in [9.17, 15) is 9.90 Å². The first-order valence-corrected chi connectivity index (χ1v) is 10.3. The molecule has 0 spiro atoms. The predicted molar refractivity (Wildman–Crippen MR) is 108 cm³/mol. The van der Waals surface area contributed by atoms with Crippen LogP contribution in [-0.2, 0) is 11.2 Å². The number of nitrogens with zero attached hydrogens (tertiary/aromatic N) is 3. The monoisotopic (exact) mass is 380 g/mol. The zero-order valence-electron chi connectivity index (χ0n) is 16.1. The van der Waals surface area contributed by atoms with E-state index in [2.05, 4.69) is 38.4 Å². The third-order valence-corrected chi connectivity index (χ3v) is 5.95. The van der Waals surface area contributed by atoms with Crippen LogP contribution >= 0.6 is 0 Å². The molecule has 1 aliphatic heterocycles. The Balaban J connectivity index is 1.24. The van der Waals surface area contributed by atoms with E-state index in [1.165, 1.54) is 5.56 Å². The van der Waals surface area contributed by atoms with Gasteiger partial charge in [-0.3, -0.25) is 4.79 Å². The Morgan fingerprint density at radius 3 is 2.61 bits per heavy atom. The van der Waals surface area contributed by atoms with Gasteiger partial charge in [0.25, 0.3) is 0 Å². The van der Waals surface area contributed by atoms with Crippen molar-refractivity contribution in [1.82, 2.24) is 15.3 Å². The molecule has 0 atom stereocenters. The van der Waals surface area contributed by atoms with E-state index in [1.807, 2.05) is 18.2 Å². The molecule has 6 nitrogen and oxygen atoms in total. The van der Waals surface area contributed by atoms with Crippen molar-refractivity contribution in [1.29, 1.82) is 0 Å². The number of nitrogens with one attached hydrogen (secondary N) is 1. The zero-order valence-corrected chi connectivity index (χ0v) is 16.1. The van der Waals surface area contributed by atoms with E-state index in [0.717, 1.165) is 56.7 Å². The van der Waals surface area contributed by atoms with Gasteiger partial charge >= 0.3 is 0 Å². The molecule has 1 aromatic carbocycles. The Hall–Kier alpha value is -2.47. The average molecular weight is 380 g/mol. The lowest BCUT2D eigenvalue weighted by molar-refractivity contribution is -0.125. The van der Waals surface area contributed by atoms with E-state index in [0.29, 0.717) is 12.5 Å².